The number of thiol groups is 1. The molecule has 0 fully saturated rings. The van der Waals surface area contributed by atoms with E-state index in [1.807, 2.05) is 5.43 Å². The molecule has 0 aliphatic carbocycles. The lowest BCUT2D eigenvalue weighted by Gasteiger charge is -1.98. The molecule has 0 radical (unpaired) electrons. The summed E-state index contributed by atoms with van der Waals surface area (Å²) in [7, 11) is 0. The maximum atomic E-state index is 9.98. The zero-order valence-electron chi connectivity index (χ0n) is 5.52. The lowest BCUT2D eigenvalue weighted by molar-refractivity contribution is -0.445. The van der Waals surface area contributed by atoms with Crippen LogP contribution in [0.15, 0.2) is 29.2 Å². The van der Waals surface area contributed by atoms with Crippen molar-refractivity contribution in [2.24, 2.45) is 0 Å². The number of nitrogens with one attached hydrogen (secondary N) is 1. The molecular weight excluding hydrogens is 164 g/mol. The van der Waals surface area contributed by atoms with Crippen LogP contribution in [0.25, 0.3) is 0 Å². The van der Waals surface area contributed by atoms with E-state index in [9.17, 15) is 10.1 Å². The second-order valence-electron chi connectivity index (χ2n) is 1.89. The Balaban J connectivity index is 2.86. The molecule has 11 heavy (non-hydrogen) atoms. The first-order valence-electron chi connectivity index (χ1n) is 2.89. The van der Waals surface area contributed by atoms with Gasteiger partial charge in [0.15, 0.2) is 5.03 Å². The first-order chi connectivity index (χ1) is 5.20. The van der Waals surface area contributed by atoms with Crippen LogP contribution in [0.2, 0.25) is 0 Å². The average Bonchev–Trinajstić information content (AvgIpc) is 1.93. The van der Waals surface area contributed by atoms with Crippen LogP contribution in [-0.2, 0) is 0 Å². The number of hydrogen-bond donors (Lipinski definition) is 2. The summed E-state index contributed by atoms with van der Waals surface area (Å²) >= 11 is 4.01. The minimum atomic E-state index is -0.616. The Kier molecular flexibility index (Phi) is 2.32. The summed E-state index contributed by atoms with van der Waals surface area (Å²) in [6, 6.07) is 6.72. The lowest BCUT2D eigenvalue weighted by Crippen LogP contribution is -2.07. The van der Waals surface area contributed by atoms with Crippen LogP contribution in [0.4, 0.5) is 5.69 Å². The van der Waals surface area contributed by atoms with Crippen LogP contribution in [0.5, 0.6) is 0 Å². The highest BCUT2D eigenvalue weighted by Crippen LogP contribution is 2.17. The third kappa shape index (κ3) is 2.12. The van der Waals surface area contributed by atoms with Gasteiger partial charge in [0.25, 0.3) is 0 Å². The van der Waals surface area contributed by atoms with Gasteiger partial charge in [0.1, 0.15) is 5.69 Å². The molecule has 1 aromatic carbocycles. The minimum absolute atomic E-state index is 0.404. The van der Waals surface area contributed by atoms with Gasteiger partial charge in [0.05, 0.1) is 0 Å². The van der Waals surface area contributed by atoms with E-state index in [0.29, 0.717) is 10.6 Å². The van der Waals surface area contributed by atoms with Crippen LogP contribution in [0.3, 0.4) is 0 Å². The van der Waals surface area contributed by atoms with Gasteiger partial charge in [0, 0.05) is 4.90 Å². The highest BCUT2D eigenvalue weighted by Gasteiger charge is 2.00. The van der Waals surface area contributed by atoms with Crippen molar-refractivity contribution in [3.63, 3.8) is 0 Å². The number of nitrogens with zero attached hydrogens (tertiary/aromatic N) is 1. The Morgan fingerprint density at radius 1 is 1.45 bits per heavy atom. The molecule has 0 saturated heterocycles. The Labute approximate surface area is 68.8 Å². The first kappa shape index (κ1) is 7.87. The molecule has 0 amide bonds. The molecule has 5 heteroatoms. The number of anilines is 1. The van der Waals surface area contributed by atoms with Crippen molar-refractivity contribution in [3.05, 3.63) is 34.4 Å². The van der Waals surface area contributed by atoms with E-state index >= 15 is 0 Å². The first-order valence-corrected chi connectivity index (χ1v) is 3.34. The van der Waals surface area contributed by atoms with Crippen LogP contribution < -0.4 is 5.43 Å². The van der Waals surface area contributed by atoms with Gasteiger partial charge in [0.2, 0.25) is 0 Å². The normalized spacial score (nSPS) is 9.18. The van der Waals surface area contributed by atoms with Crippen molar-refractivity contribution in [1.82, 2.24) is 0 Å². The van der Waals surface area contributed by atoms with E-state index in [0.717, 1.165) is 0 Å². The van der Waals surface area contributed by atoms with Gasteiger partial charge in [-0.15, -0.1) is 18.1 Å². The van der Waals surface area contributed by atoms with E-state index < -0.39 is 5.03 Å². The third-order valence-corrected chi connectivity index (χ3v) is 1.51. The highest BCUT2D eigenvalue weighted by molar-refractivity contribution is 7.80. The van der Waals surface area contributed by atoms with Gasteiger partial charge in [-0.1, -0.05) is 12.1 Å². The molecule has 0 aliphatic heterocycles. The van der Waals surface area contributed by atoms with Crippen molar-refractivity contribution in [1.29, 1.82) is 0 Å². The molecule has 0 atom stereocenters. The molecule has 0 heterocycles. The largest absolute Gasteiger partial charge is 0.235 e. The summed E-state index contributed by atoms with van der Waals surface area (Å²) in [5.41, 5.74) is 2.42. The summed E-state index contributed by atoms with van der Waals surface area (Å²) in [4.78, 5) is 10.5. The van der Waals surface area contributed by atoms with Gasteiger partial charge in [-0.2, -0.15) is 0 Å². The van der Waals surface area contributed by atoms with Crippen LogP contribution in [0.1, 0.15) is 0 Å². The summed E-state index contributed by atoms with van der Waals surface area (Å²) in [5, 5.41) is 9.37. The molecule has 0 spiro atoms. The molecule has 1 N–H and O–H groups in total. The van der Waals surface area contributed by atoms with Crippen molar-refractivity contribution in [3.8, 4) is 0 Å². The topological polar surface area (TPSA) is 55.2 Å². The van der Waals surface area contributed by atoms with Crippen molar-refractivity contribution >= 4 is 18.3 Å². The molecule has 0 bridgehead atoms. The number of nitro groups is 1. The molecule has 58 valence electrons. The van der Waals surface area contributed by atoms with Gasteiger partial charge >= 0.3 is 0 Å². The molecule has 4 nitrogen and oxygen atoms in total. The molecular formula is C6H6N2O2S. The summed E-state index contributed by atoms with van der Waals surface area (Å²) in [6.45, 7) is 0. The van der Waals surface area contributed by atoms with Crippen molar-refractivity contribution in [2.45, 2.75) is 4.90 Å². The molecule has 0 aromatic heterocycles. The fourth-order valence-electron chi connectivity index (χ4n) is 0.667. The molecule has 1 rings (SSSR count). The Hall–Kier alpha value is -1.23. The maximum absolute atomic E-state index is 9.98. The Bertz CT molecular complexity index is 277. The zero-order chi connectivity index (χ0) is 8.27. The van der Waals surface area contributed by atoms with E-state index in [4.69, 9.17) is 0 Å². The third-order valence-electron chi connectivity index (χ3n) is 1.12. The number of para-hydroxylation sites is 1. The van der Waals surface area contributed by atoms with E-state index in [2.05, 4.69) is 12.6 Å². The molecule has 0 unspecified atom stereocenters. The van der Waals surface area contributed by atoms with Gasteiger partial charge in [-0.3, -0.25) is 0 Å². The minimum Gasteiger partial charge on any atom is -0.235 e. The van der Waals surface area contributed by atoms with Gasteiger partial charge in [-0.25, -0.2) is 10.1 Å². The predicted molar refractivity (Wildman–Crippen MR) is 44.3 cm³/mol. The molecule has 0 saturated carbocycles. The van der Waals surface area contributed by atoms with Crippen LogP contribution in [0, 0.1) is 10.1 Å². The van der Waals surface area contributed by atoms with Gasteiger partial charge < -0.3 is 0 Å². The quantitative estimate of drug-likeness (QED) is 0.402. The summed E-state index contributed by atoms with van der Waals surface area (Å²) in [5.74, 6) is 0. The lowest BCUT2D eigenvalue weighted by atomic mass is 10.3. The second-order valence-corrected chi connectivity index (χ2v) is 2.37. The average molecular weight is 170 g/mol. The Morgan fingerprint density at radius 3 is 2.64 bits per heavy atom. The SMILES string of the molecule is O=[N+]([O-])Nc1ccccc1S. The Morgan fingerprint density at radius 2 is 2.09 bits per heavy atom. The van der Waals surface area contributed by atoms with Crippen LogP contribution in [-0.4, -0.2) is 5.03 Å². The fourth-order valence-corrected chi connectivity index (χ4v) is 0.877. The van der Waals surface area contributed by atoms with Crippen molar-refractivity contribution in [2.75, 3.05) is 5.43 Å². The monoisotopic (exact) mass is 170 g/mol. The van der Waals surface area contributed by atoms with E-state index in [1.165, 1.54) is 0 Å². The predicted octanol–water partition coefficient (Wildman–Crippen LogP) is 1.58. The fraction of sp³-hybridized carbons (Fsp3) is 0. The zero-order valence-corrected chi connectivity index (χ0v) is 6.41. The highest BCUT2D eigenvalue weighted by atomic mass is 32.1. The summed E-state index contributed by atoms with van der Waals surface area (Å²) < 4.78 is 0. The smallest absolute Gasteiger partial charge is 0.162 e. The van der Waals surface area contributed by atoms with E-state index in [1.54, 1.807) is 24.3 Å². The standard InChI is InChI=1S/C6H6N2O2S/c9-8(10)7-5-3-1-2-4-6(5)11/h1-4,7,11H. The maximum Gasteiger partial charge on any atom is 0.162 e. The van der Waals surface area contributed by atoms with Gasteiger partial charge in [-0.05, 0) is 12.1 Å². The second kappa shape index (κ2) is 3.25. The number of hydrazine groups is 1. The van der Waals surface area contributed by atoms with Crippen LogP contribution >= 0.6 is 12.6 Å². The number of hydrogen-bond acceptors (Lipinski definition) is 3. The van der Waals surface area contributed by atoms with Crippen molar-refractivity contribution < 1.29 is 5.03 Å². The summed E-state index contributed by atoms with van der Waals surface area (Å²) in [6.07, 6.45) is 0. The van der Waals surface area contributed by atoms with E-state index in [-0.39, 0.29) is 0 Å². The number of benzene rings is 1. The molecule has 0 aliphatic rings. The molecule has 1 aromatic rings. The number of rotatable bonds is 2.